The zero-order valence-corrected chi connectivity index (χ0v) is 16.1. The van der Waals surface area contributed by atoms with Crippen LogP contribution in [-0.2, 0) is 19.4 Å². The van der Waals surface area contributed by atoms with Crippen molar-refractivity contribution in [3.63, 3.8) is 0 Å². The molecule has 1 aliphatic rings. The fraction of sp³-hybridized carbons (Fsp3) is 0.333. The third-order valence-corrected chi connectivity index (χ3v) is 7.05. The molecule has 6 nitrogen and oxygen atoms in total. The molecule has 1 fully saturated rings. The number of hydrogen-bond donors (Lipinski definition) is 1. The van der Waals surface area contributed by atoms with Gasteiger partial charge in [0.1, 0.15) is 10.7 Å². The van der Waals surface area contributed by atoms with Crippen molar-refractivity contribution in [2.45, 2.75) is 25.5 Å². The molecule has 2 atom stereocenters. The number of carbonyl (C=O) groups excluding carboxylic acids is 2. The van der Waals surface area contributed by atoms with Crippen LogP contribution < -0.4 is 5.32 Å². The molecule has 0 aliphatic carbocycles. The molecule has 1 N–H and O–H groups in total. The minimum Gasteiger partial charge on any atom is -0.448 e. The summed E-state index contributed by atoms with van der Waals surface area (Å²) in [5.41, 5.74) is 0.772. The topological polar surface area (TPSA) is 89.5 Å². The summed E-state index contributed by atoms with van der Waals surface area (Å²) in [5.74, 6) is -1.56. The van der Waals surface area contributed by atoms with Crippen LogP contribution in [0.15, 0.2) is 36.4 Å². The van der Waals surface area contributed by atoms with Gasteiger partial charge in [-0.15, -0.1) is 11.3 Å². The predicted octanol–water partition coefficient (Wildman–Crippen LogP) is 2.40. The zero-order chi connectivity index (χ0) is 19.6. The minimum atomic E-state index is -3.10. The minimum absolute atomic E-state index is 0.0491. The van der Waals surface area contributed by atoms with Crippen molar-refractivity contribution in [3.05, 3.63) is 47.1 Å². The SMILES string of the molecule is C[C@@H](OC(=O)c1ccc(-c2ccc(F)cc2)s1)C(=O)N[C@@H]1CCS(=O)(=O)C1. The number of esters is 1. The maximum Gasteiger partial charge on any atom is 0.349 e. The Kier molecular flexibility index (Phi) is 5.61. The Balaban J connectivity index is 1.58. The molecule has 1 aromatic carbocycles. The quantitative estimate of drug-likeness (QED) is 0.763. The number of rotatable bonds is 5. The van der Waals surface area contributed by atoms with Gasteiger partial charge in [0, 0.05) is 10.9 Å². The summed E-state index contributed by atoms with van der Waals surface area (Å²) in [5, 5.41) is 2.60. The molecule has 1 amide bonds. The number of ether oxygens (including phenoxy) is 1. The molecule has 2 heterocycles. The Labute approximate surface area is 160 Å². The second kappa shape index (κ2) is 7.77. The van der Waals surface area contributed by atoms with Gasteiger partial charge in [-0.3, -0.25) is 4.79 Å². The monoisotopic (exact) mass is 411 g/mol. The van der Waals surface area contributed by atoms with Crippen LogP contribution in [0, 0.1) is 5.82 Å². The molecule has 0 saturated carbocycles. The molecule has 0 bridgehead atoms. The normalized spacial score (nSPS) is 19.4. The van der Waals surface area contributed by atoms with Crippen LogP contribution >= 0.6 is 11.3 Å². The Hall–Kier alpha value is -2.26. The van der Waals surface area contributed by atoms with Gasteiger partial charge in [-0.05, 0) is 43.2 Å². The Morgan fingerprint density at radius 1 is 1.22 bits per heavy atom. The molecular weight excluding hydrogens is 393 g/mol. The molecule has 0 unspecified atom stereocenters. The standard InChI is InChI=1S/C18H18FNO5S2/c1-11(17(21)20-14-8-9-27(23,24)10-14)25-18(22)16-7-6-15(26-16)12-2-4-13(19)5-3-12/h2-7,11,14H,8-10H2,1H3,(H,20,21)/t11-,14-/m1/s1. The number of thiophene rings is 1. The van der Waals surface area contributed by atoms with Gasteiger partial charge in [0.05, 0.1) is 11.5 Å². The molecule has 2 aromatic rings. The summed E-state index contributed by atoms with van der Waals surface area (Å²) in [6.07, 6.45) is -0.682. The van der Waals surface area contributed by atoms with E-state index in [-0.39, 0.29) is 17.3 Å². The summed E-state index contributed by atoms with van der Waals surface area (Å²) in [6, 6.07) is 8.76. The van der Waals surface area contributed by atoms with Crippen molar-refractivity contribution < 1.29 is 27.1 Å². The van der Waals surface area contributed by atoms with Crippen LogP contribution in [0.3, 0.4) is 0 Å². The van der Waals surface area contributed by atoms with Gasteiger partial charge in [-0.2, -0.15) is 0 Å². The van der Waals surface area contributed by atoms with Crippen LogP contribution in [0.4, 0.5) is 4.39 Å². The van der Waals surface area contributed by atoms with Gasteiger partial charge in [0.25, 0.3) is 5.91 Å². The molecule has 1 aliphatic heterocycles. The number of nitrogens with one attached hydrogen (secondary N) is 1. The van der Waals surface area contributed by atoms with Crippen LogP contribution in [-0.4, -0.2) is 43.9 Å². The lowest BCUT2D eigenvalue weighted by atomic mass is 10.2. The molecule has 0 radical (unpaired) electrons. The van der Waals surface area contributed by atoms with Crippen LogP contribution in [0.2, 0.25) is 0 Å². The van der Waals surface area contributed by atoms with E-state index in [2.05, 4.69) is 5.32 Å². The maximum atomic E-state index is 13.0. The molecule has 1 aromatic heterocycles. The Morgan fingerprint density at radius 2 is 1.93 bits per heavy atom. The molecule has 1 saturated heterocycles. The first-order valence-electron chi connectivity index (χ1n) is 8.31. The third kappa shape index (κ3) is 4.92. The lowest BCUT2D eigenvalue weighted by Gasteiger charge is -2.16. The van der Waals surface area contributed by atoms with Crippen LogP contribution in [0.1, 0.15) is 23.0 Å². The number of benzene rings is 1. The highest BCUT2D eigenvalue weighted by Gasteiger charge is 2.31. The summed E-state index contributed by atoms with van der Waals surface area (Å²) < 4.78 is 41.1. The molecule has 144 valence electrons. The van der Waals surface area contributed by atoms with Gasteiger partial charge in [-0.25, -0.2) is 17.6 Å². The predicted molar refractivity (Wildman–Crippen MR) is 99.8 cm³/mol. The van der Waals surface area contributed by atoms with E-state index in [0.717, 1.165) is 10.4 Å². The van der Waals surface area contributed by atoms with Gasteiger partial charge in [0.2, 0.25) is 0 Å². The number of halogens is 1. The molecule has 0 spiro atoms. The molecule has 27 heavy (non-hydrogen) atoms. The fourth-order valence-corrected chi connectivity index (χ4v) is 5.28. The van der Waals surface area contributed by atoms with E-state index < -0.39 is 33.9 Å². The fourth-order valence-electron chi connectivity index (χ4n) is 2.72. The first-order valence-corrected chi connectivity index (χ1v) is 10.9. The largest absolute Gasteiger partial charge is 0.448 e. The first kappa shape index (κ1) is 19.5. The average molecular weight is 411 g/mol. The number of hydrogen-bond acceptors (Lipinski definition) is 6. The Morgan fingerprint density at radius 3 is 2.56 bits per heavy atom. The maximum absolute atomic E-state index is 13.0. The van der Waals surface area contributed by atoms with Crippen molar-refractivity contribution in [1.29, 1.82) is 0 Å². The first-order chi connectivity index (χ1) is 12.7. The van der Waals surface area contributed by atoms with Crippen molar-refractivity contribution in [2.75, 3.05) is 11.5 Å². The lowest BCUT2D eigenvalue weighted by molar-refractivity contribution is -0.129. The Bertz CT molecular complexity index is 952. The highest BCUT2D eigenvalue weighted by Crippen LogP contribution is 2.28. The second-order valence-corrected chi connectivity index (χ2v) is 9.64. The van der Waals surface area contributed by atoms with E-state index in [9.17, 15) is 22.4 Å². The molecule has 3 rings (SSSR count). The lowest BCUT2D eigenvalue weighted by Crippen LogP contribution is -2.42. The zero-order valence-electron chi connectivity index (χ0n) is 14.5. The second-order valence-electron chi connectivity index (χ2n) is 6.33. The number of carbonyl (C=O) groups is 2. The highest BCUT2D eigenvalue weighted by atomic mass is 32.2. The van der Waals surface area contributed by atoms with Gasteiger partial charge < -0.3 is 10.1 Å². The average Bonchev–Trinajstić information content (AvgIpc) is 3.22. The smallest absolute Gasteiger partial charge is 0.349 e. The summed E-state index contributed by atoms with van der Waals surface area (Å²) >= 11 is 1.18. The molecular formula is C18H18FNO5S2. The van der Waals surface area contributed by atoms with E-state index in [1.54, 1.807) is 24.3 Å². The van der Waals surface area contributed by atoms with Gasteiger partial charge in [0.15, 0.2) is 15.9 Å². The highest BCUT2D eigenvalue weighted by molar-refractivity contribution is 7.91. The van der Waals surface area contributed by atoms with E-state index in [1.165, 1.54) is 30.4 Å². The van der Waals surface area contributed by atoms with Crippen LogP contribution in [0.5, 0.6) is 0 Å². The third-order valence-electron chi connectivity index (χ3n) is 4.17. The van der Waals surface area contributed by atoms with E-state index in [1.807, 2.05) is 0 Å². The van der Waals surface area contributed by atoms with Crippen molar-refractivity contribution in [1.82, 2.24) is 5.32 Å². The summed E-state index contributed by atoms with van der Waals surface area (Å²) in [4.78, 5) is 25.5. The van der Waals surface area contributed by atoms with Gasteiger partial charge >= 0.3 is 5.97 Å². The van der Waals surface area contributed by atoms with E-state index >= 15 is 0 Å². The van der Waals surface area contributed by atoms with Crippen LogP contribution in [0.25, 0.3) is 10.4 Å². The molecule has 9 heteroatoms. The van der Waals surface area contributed by atoms with Crippen molar-refractivity contribution in [3.8, 4) is 10.4 Å². The van der Waals surface area contributed by atoms with E-state index in [0.29, 0.717) is 11.3 Å². The van der Waals surface area contributed by atoms with Crippen molar-refractivity contribution in [2.24, 2.45) is 0 Å². The van der Waals surface area contributed by atoms with Crippen molar-refractivity contribution >= 4 is 33.1 Å². The number of amides is 1. The van der Waals surface area contributed by atoms with Gasteiger partial charge in [-0.1, -0.05) is 12.1 Å². The summed E-state index contributed by atoms with van der Waals surface area (Å²) in [7, 11) is -3.10. The number of sulfone groups is 1. The summed E-state index contributed by atoms with van der Waals surface area (Å²) in [6.45, 7) is 1.44. The van der Waals surface area contributed by atoms with E-state index in [4.69, 9.17) is 4.74 Å².